The van der Waals surface area contributed by atoms with E-state index in [0.29, 0.717) is 4.86 Å². The van der Waals surface area contributed by atoms with Crippen LogP contribution in [-0.2, 0) is 0 Å². The molecule has 0 bridgehead atoms. The fraction of sp³-hybridized carbons (Fsp3) is 0.0833. The van der Waals surface area contributed by atoms with E-state index in [1.165, 1.54) is 0 Å². The minimum atomic E-state index is -0.620. The number of rotatable bonds is 1. The Morgan fingerprint density at radius 1 is 1.07 bits per heavy atom. The normalized spacial score (nSPS) is 20.8. The summed E-state index contributed by atoms with van der Waals surface area (Å²) in [6.07, 6.45) is 4.87. The number of benzene rings is 1. The van der Waals surface area contributed by atoms with Crippen molar-refractivity contribution >= 4 is 22.7 Å². The molecule has 0 aromatic heterocycles. The third-order valence-corrected chi connectivity index (χ3v) is 2.54. The average molecular weight is 202 g/mol. The topological polar surface area (TPSA) is 20.2 Å². The molecule has 1 aromatic rings. The molecule has 0 aliphatic heterocycles. The van der Waals surface area contributed by atoms with Crippen LogP contribution in [0.5, 0.6) is 0 Å². The summed E-state index contributed by atoms with van der Waals surface area (Å²) < 4.78 is 0. The molecule has 0 fully saturated rings. The first kappa shape index (κ1) is 9.31. The fourth-order valence-corrected chi connectivity index (χ4v) is 1.54. The van der Waals surface area contributed by atoms with Gasteiger partial charge >= 0.3 is 0 Å². The fourth-order valence-electron chi connectivity index (χ4n) is 1.40. The maximum atomic E-state index is 9.54. The van der Waals surface area contributed by atoms with Crippen LogP contribution in [-0.4, -0.2) is 16.1 Å². The van der Waals surface area contributed by atoms with E-state index in [1.54, 1.807) is 12.2 Å². The molecule has 70 valence electrons. The van der Waals surface area contributed by atoms with Crippen molar-refractivity contribution in [3.05, 3.63) is 54.1 Å². The number of aliphatic hydroxyl groups excluding tert-OH is 1. The lowest BCUT2D eigenvalue weighted by atomic mass is 9.98. The van der Waals surface area contributed by atoms with Crippen LogP contribution in [0.1, 0.15) is 5.56 Å². The van der Waals surface area contributed by atoms with Crippen LogP contribution >= 0.6 is 12.2 Å². The van der Waals surface area contributed by atoms with Gasteiger partial charge in [-0.2, -0.15) is 0 Å². The van der Waals surface area contributed by atoms with Gasteiger partial charge in [0.25, 0.3) is 0 Å². The van der Waals surface area contributed by atoms with Crippen molar-refractivity contribution in [1.29, 1.82) is 0 Å². The summed E-state index contributed by atoms with van der Waals surface area (Å²) in [6, 6.07) is 9.94. The predicted octanol–water partition coefficient (Wildman–Crippen LogP) is 2.37. The van der Waals surface area contributed by atoms with Crippen LogP contribution in [0.4, 0.5) is 0 Å². The van der Waals surface area contributed by atoms with Crippen molar-refractivity contribution in [2.24, 2.45) is 0 Å². The van der Waals surface area contributed by atoms with Gasteiger partial charge in [0.2, 0.25) is 0 Å². The van der Waals surface area contributed by atoms with Gasteiger partial charge in [0, 0.05) is 4.86 Å². The van der Waals surface area contributed by atoms with Gasteiger partial charge in [-0.05, 0) is 23.3 Å². The molecule has 1 nitrogen and oxygen atoms in total. The summed E-state index contributed by atoms with van der Waals surface area (Å²) in [7, 11) is 0. The monoisotopic (exact) mass is 202 g/mol. The maximum Gasteiger partial charge on any atom is 0.108 e. The van der Waals surface area contributed by atoms with Crippen LogP contribution in [0.3, 0.4) is 0 Å². The summed E-state index contributed by atoms with van der Waals surface area (Å²) in [5, 5.41) is 9.54. The standard InChI is InChI=1S/C12H10OS/c13-11-8-10(6-7-12(11)14)9-4-2-1-3-5-9/h1-8,11,13H. The van der Waals surface area contributed by atoms with E-state index in [2.05, 4.69) is 0 Å². The zero-order valence-electron chi connectivity index (χ0n) is 7.55. The van der Waals surface area contributed by atoms with Crippen molar-refractivity contribution in [2.45, 2.75) is 6.10 Å². The third kappa shape index (κ3) is 1.81. The smallest absolute Gasteiger partial charge is 0.108 e. The first-order valence-corrected chi connectivity index (χ1v) is 4.85. The van der Waals surface area contributed by atoms with Crippen molar-refractivity contribution in [2.75, 3.05) is 0 Å². The molecule has 1 aliphatic rings. The highest BCUT2D eigenvalue weighted by Crippen LogP contribution is 2.20. The van der Waals surface area contributed by atoms with Crippen molar-refractivity contribution in [3.63, 3.8) is 0 Å². The molecule has 1 unspecified atom stereocenters. The predicted molar refractivity (Wildman–Crippen MR) is 62.2 cm³/mol. The molecule has 2 rings (SSSR count). The molecule has 2 heteroatoms. The maximum absolute atomic E-state index is 9.54. The lowest BCUT2D eigenvalue weighted by molar-refractivity contribution is 0.292. The molecule has 1 aliphatic carbocycles. The van der Waals surface area contributed by atoms with Crippen LogP contribution < -0.4 is 0 Å². The summed E-state index contributed by atoms with van der Waals surface area (Å²) in [6.45, 7) is 0. The molecule has 0 heterocycles. The molecule has 1 atom stereocenters. The molecule has 0 radical (unpaired) electrons. The molecule has 0 spiro atoms. The van der Waals surface area contributed by atoms with Crippen LogP contribution in [0.15, 0.2) is 48.6 Å². The van der Waals surface area contributed by atoms with Gasteiger partial charge in [-0.3, -0.25) is 0 Å². The Labute approximate surface area is 88.4 Å². The summed E-state index contributed by atoms with van der Waals surface area (Å²) >= 11 is 4.95. The van der Waals surface area contributed by atoms with E-state index in [9.17, 15) is 5.11 Å². The second kappa shape index (κ2) is 3.86. The molecule has 0 amide bonds. The van der Waals surface area contributed by atoms with Gasteiger partial charge in [-0.25, -0.2) is 0 Å². The second-order valence-corrected chi connectivity index (χ2v) is 3.64. The van der Waals surface area contributed by atoms with E-state index in [4.69, 9.17) is 12.2 Å². The SMILES string of the molecule is OC1C=C(c2ccccc2)C=CC1=S. The van der Waals surface area contributed by atoms with Gasteiger partial charge in [0.15, 0.2) is 0 Å². The molecule has 1 N–H and O–H groups in total. The number of hydrogen-bond donors (Lipinski definition) is 1. The number of allylic oxidation sites excluding steroid dienone is 2. The number of hydrogen-bond acceptors (Lipinski definition) is 2. The molecule has 1 aromatic carbocycles. The largest absolute Gasteiger partial charge is 0.383 e. The van der Waals surface area contributed by atoms with Gasteiger partial charge in [-0.1, -0.05) is 48.6 Å². The van der Waals surface area contributed by atoms with E-state index < -0.39 is 6.10 Å². The number of thiocarbonyl (C=S) groups is 1. The summed E-state index contributed by atoms with van der Waals surface area (Å²) in [5.74, 6) is 0. The first-order chi connectivity index (χ1) is 6.77. The molecular weight excluding hydrogens is 192 g/mol. The van der Waals surface area contributed by atoms with Crippen LogP contribution in [0.25, 0.3) is 5.57 Å². The first-order valence-electron chi connectivity index (χ1n) is 4.44. The Bertz CT molecular complexity index is 404. The van der Waals surface area contributed by atoms with Crippen molar-refractivity contribution < 1.29 is 5.11 Å². The highest BCUT2D eigenvalue weighted by molar-refractivity contribution is 7.80. The van der Waals surface area contributed by atoms with Crippen molar-refractivity contribution in [3.8, 4) is 0 Å². The highest BCUT2D eigenvalue weighted by Gasteiger charge is 2.11. The average Bonchev–Trinajstić information content (AvgIpc) is 2.23. The Kier molecular flexibility index (Phi) is 2.57. The second-order valence-electron chi connectivity index (χ2n) is 3.17. The van der Waals surface area contributed by atoms with Crippen LogP contribution in [0, 0.1) is 0 Å². The van der Waals surface area contributed by atoms with E-state index >= 15 is 0 Å². The van der Waals surface area contributed by atoms with Gasteiger partial charge in [0.1, 0.15) is 6.10 Å². The molecular formula is C12H10OS. The minimum absolute atomic E-state index is 0.574. The highest BCUT2D eigenvalue weighted by atomic mass is 32.1. The molecule has 0 saturated carbocycles. The number of aliphatic hydroxyl groups is 1. The summed E-state index contributed by atoms with van der Waals surface area (Å²) in [5.41, 5.74) is 2.12. The van der Waals surface area contributed by atoms with Crippen molar-refractivity contribution in [1.82, 2.24) is 0 Å². The summed E-state index contributed by atoms with van der Waals surface area (Å²) in [4.78, 5) is 0.574. The zero-order chi connectivity index (χ0) is 9.97. The molecule has 14 heavy (non-hydrogen) atoms. The van der Waals surface area contributed by atoms with Gasteiger partial charge in [0.05, 0.1) is 0 Å². The van der Waals surface area contributed by atoms with E-state index in [1.807, 2.05) is 36.4 Å². The Morgan fingerprint density at radius 2 is 1.79 bits per heavy atom. The lowest BCUT2D eigenvalue weighted by Crippen LogP contribution is -2.16. The zero-order valence-corrected chi connectivity index (χ0v) is 8.37. The minimum Gasteiger partial charge on any atom is -0.383 e. The van der Waals surface area contributed by atoms with Gasteiger partial charge in [-0.15, -0.1) is 0 Å². The van der Waals surface area contributed by atoms with E-state index in [-0.39, 0.29) is 0 Å². The third-order valence-electron chi connectivity index (χ3n) is 2.16. The van der Waals surface area contributed by atoms with Gasteiger partial charge < -0.3 is 5.11 Å². The molecule has 0 saturated heterocycles. The quantitative estimate of drug-likeness (QED) is 0.705. The Hall–Kier alpha value is -1.25. The Balaban J connectivity index is 2.34. The Morgan fingerprint density at radius 3 is 2.43 bits per heavy atom. The van der Waals surface area contributed by atoms with Crippen LogP contribution in [0.2, 0.25) is 0 Å². The van der Waals surface area contributed by atoms with E-state index in [0.717, 1.165) is 11.1 Å². The lowest BCUT2D eigenvalue weighted by Gasteiger charge is -2.12.